The molecule has 0 aliphatic carbocycles. The Bertz CT molecular complexity index is 163. The van der Waals surface area contributed by atoms with Crippen LogP contribution in [0.5, 0.6) is 0 Å². The Morgan fingerprint density at radius 1 is 1.25 bits per heavy atom. The number of hydrogen-bond donors (Lipinski definition) is 1. The molecule has 0 radical (unpaired) electrons. The van der Waals surface area contributed by atoms with E-state index in [0.717, 1.165) is 0 Å². The molecule has 0 rings (SSSR count). The predicted molar refractivity (Wildman–Crippen MR) is 39.8 cm³/mol. The fraction of sp³-hybridized carbons (Fsp3) is 0.714. The van der Waals surface area contributed by atoms with E-state index in [9.17, 15) is 9.59 Å². The summed E-state index contributed by atoms with van der Waals surface area (Å²) in [5, 5.41) is 8.03. The van der Waals surface area contributed by atoms with Crippen LogP contribution in [0.15, 0.2) is 0 Å². The van der Waals surface area contributed by atoms with Crippen molar-refractivity contribution >= 4 is 12.1 Å². The van der Waals surface area contributed by atoms with E-state index in [1.165, 1.54) is 0 Å². The number of rotatable bonds is 4. The number of esters is 1. The Hall–Kier alpha value is -1.26. The fourth-order valence-electron chi connectivity index (χ4n) is 0.438. The van der Waals surface area contributed by atoms with Crippen LogP contribution >= 0.6 is 0 Å². The average molecular weight is 176 g/mol. The van der Waals surface area contributed by atoms with Crippen LogP contribution in [0.3, 0.4) is 0 Å². The molecule has 0 unspecified atom stereocenters. The highest BCUT2D eigenvalue weighted by Gasteiger charge is 2.07. The molecule has 0 aromatic carbocycles. The van der Waals surface area contributed by atoms with Crippen LogP contribution in [-0.4, -0.2) is 30.4 Å². The van der Waals surface area contributed by atoms with Gasteiger partial charge in [-0.15, -0.1) is 0 Å². The molecular weight excluding hydrogens is 164 g/mol. The molecule has 0 saturated heterocycles. The molecular formula is C7H12O5. The van der Waals surface area contributed by atoms with E-state index in [0.29, 0.717) is 0 Å². The molecule has 70 valence electrons. The molecule has 0 aromatic heterocycles. The van der Waals surface area contributed by atoms with Crippen LogP contribution < -0.4 is 0 Å². The summed E-state index contributed by atoms with van der Waals surface area (Å²) in [6.07, 6.45) is -1.37. The van der Waals surface area contributed by atoms with Crippen LogP contribution in [0, 0.1) is 5.92 Å². The van der Waals surface area contributed by atoms with Gasteiger partial charge in [0.15, 0.2) is 0 Å². The van der Waals surface area contributed by atoms with E-state index < -0.39 is 6.16 Å². The zero-order chi connectivity index (χ0) is 9.56. The Labute approximate surface area is 70.3 Å². The zero-order valence-corrected chi connectivity index (χ0v) is 7.07. The second kappa shape index (κ2) is 5.40. The maximum absolute atomic E-state index is 10.8. The normalized spacial score (nSPS) is 9.58. The van der Waals surface area contributed by atoms with Gasteiger partial charge in [-0.3, -0.25) is 4.79 Å². The smallest absolute Gasteiger partial charge is 0.462 e. The van der Waals surface area contributed by atoms with E-state index in [-0.39, 0.29) is 25.1 Å². The second-order valence-corrected chi connectivity index (χ2v) is 2.44. The minimum Gasteiger partial charge on any atom is -0.462 e. The first-order valence-electron chi connectivity index (χ1n) is 3.56. The number of carbonyl (C=O) groups excluding carboxylic acids is 1. The van der Waals surface area contributed by atoms with Crippen molar-refractivity contribution in [3.05, 3.63) is 0 Å². The third kappa shape index (κ3) is 5.52. The predicted octanol–water partition coefficient (Wildman–Crippen LogP) is 0.880. The first kappa shape index (κ1) is 10.7. The van der Waals surface area contributed by atoms with E-state index in [1.807, 2.05) is 0 Å². The maximum Gasteiger partial charge on any atom is 0.505 e. The number of carboxylic acid groups (broad SMARTS) is 1. The largest absolute Gasteiger partial charge is 0.505 e. The SMILES string of the molecule is CC(C)C(=O)OCCOC(=O)O. The van der Waals surface area contributed by atoms with Crippen LogP contribution in [-0.2, 0) is 14.3 Å². The van der Waals surface area contributed by atoms with Gasteiger partial charge in [-0.25, -0.2) is 4.79 Å². The fourth-order valence-corrected chi connectivity index (χ4v) is 0.438. The van der Waals surface area contributed by atoms with Gasteiger partial charge in [-0.2, -0.15) is 0 Å². The topological polar surface area (TPSA) is 72.8 Å². The third-order valence-corrected chi connectivity index (χ3v) is 1.02. The average Bonchev–Trinajstić information content (AvgIpc) is 1.97. The Kier molecular flexibility index (Phi) is 4.83. The number of carbonyl (C=O) groups is 2. The molecule has 0 aromatic rings. The van der Waals surface area contributed by atoms with Crippen molar-refractivity contribution in [3.8, 4) is 0 Å². The van der Waals surface area contributed by atoms with Crippen LogP contribution in [0.4, 0.5) is 4.79 Å². The van der Waals surface area contributed by atoms with Crippen molar-refractivity contribution in [3.63, 3.8) is 0 Å². The minimum atomic E-state index is -1.37. The Morgan fingerprint density at radius 2 is 1.75 bits per heavy atom. The number of hydrogen-bond acceptors (Lipinski definition) is 4. The summed E-state index contributed by atoms with van der Waals surface area (Å²) in [7, 11) is 0. The first-order chi connectivity index (χ1) is 5.54. The van der Waals surface area contributed by atoms with Gasteiger partial charge >= 0.3 is 12.1 Å². The molecule has 0 fully saturated rings. The van der Waals surface area contributed by atoms with E-state index in [1.54, 1.807) is 13.8 Å². The summed E-state index contributed by atoms with van der Waals surface area (Å²) in [5.41, 5.74) is 0. The van der Waals surface area contributed by atoms with Gasteiger partial charge < -0.3 is 14.6 Å². The molecule has 0 spiro atoms. The summed E-state index contributed by atoms with van der Waals surface area (Å²) in [4.78, 5) is 20.6. The van der Waals surface area contributed by atoms with E-state index >= 15 is 0 Å². The highest BCUT2D eigenvalue weighted by Crippen LogP contribution is 1.95. The second-order valence-electron chi connectivity index (χ2n) is 2.44. The highest BCUT2D eigenvalue weighted by atomic mass is 16.7. The minimum absolute atomic E-state index is 0.0245. The lowest BCUT2D eigenvalue weighted by Crippen LogP contribution is -2.16. The van der Waals surface area contributed by atoms with Crippen LogP contribution in [0.1, 0.15) is 13.8 Å². The Balaban J connectivity index is 3.32. The molecule has 1 N–H and O–H groups in total. The first-order valence-corrected chi connectivity index (χ1v) is 3.56. The van der Waals surface area contributed by atoms with Gasteiger partial charge in [0.05, 0.1) is 5.92 Å². The van der Waals surface area contributed by atoms with Gasteiger partial charge in [0.2, 0.25) is 0 Å². The van der Waals surface area contributed by atoms with Crippen molar-refractivity contribution in [2.75, 3.05) is 13.2 Å². The van der Waals surface area contributed by atoms with E-state index in [2.05, 4.69) is 9.47 Å². The van der Waals surface area contributed by atoms with Crippen LogP contribution in [0.2, 0.25) is 0 Å². The molecule has 0 aliphatic heterocycles. The summed E-state index contributed by atoms with van der Waals surface area (Å²) >= 11 is 0. The summed E-state index contributed by atoms with van der Waals surface area (Å²) in [6.45, 7) is 3.25. The van der Waals surface area contributed by atoms with Gasteiger partial charge in [-0.1, -0.05) is 13.8 Å². The Morgan fingerprint density at radius 3 is 2.17 bits per heavy atom. The zero-order valence-electron chi connectivity index (χ0n) is 7.07. The monoisotopic (exact) mass is 176 g/mol. The standard InChI is InChI=1S/C7H12O5/c1-5(2)6(8)11-3-4-12-7(9)10/h5H,3-4H2,1-2H3,(H,9,10). The lowest BCUT2D eigenvalue weighted by molar-refractivity contribution is -0.148. The molecule has 0 amide bonds. The van der Waals surface area contributed by atoms with E-state index in [4.69, 9.17) is 5.11 Å². The molecule has 0 aliphatic rings. The molecule has 0 saturated carbocycles. The van der Waals surface area contributed by atoms with Gasteiger partial charge in [-0.05, 0) is 0 Å². The van der Waals surface area contributed by atoms with Gasteiger partial charge in [0, 0.05) is 0 Å². The lowest BCUT2D eigenvalue weighted by Gasteiger charge is -2.05. The van der Waals surface area contributed by atoms with Crippen molar-refractivity contribution < 1.29 is 24.2 Å². The maximum atomic E-state index is 10.8. The van der Waals surface area contributed by atoms with Gasteiger partial charge in [0.1, 0.15) is 13.2 Å². The lowest BCUT2D eigenvalue weighted by atomic mass is 10.2. The molecule has 0 atom stereocenters. The third-order valence-electron chi connectivity index (χ3n) is 1.02. The van der Waals surface area contributed by atoms with Gasteiger partial charge in [0.25, 0.3) is 0 Å². The van der Waals surface area contributed by atoms with Crippen molar-refractivity contribution in [1.29, 1.82) is 0 Å². The molecule has 0 bridgehead atoms. The highest BCUT2D eigenvalue weighted by molar-refractivity contribution is 5.71. The summed E-state index contributed by atoms with van der Waals surface area (Å²) in [5.74, 6) is -0.557. The molecule has 5 nitrogen and oxygen atoms in total. The van der Waals surface area contributed by atoms with Crippen molar-refractivity contribution in [1.82, 2.24) is 0 Å². The van der Waals surface area contributed by atoms with Crippen molar-refractivity contribution in [2.45, 2.75) is 13.8 Å². The number of ether oxygens (including phenoxy) is 2. The van der Waals surface area contributed by atoms with Crippen molar-refractivity contribution in [2.24, 2.45) is 5.92 Å². The summed E-state index contributed by atoms with van der Waals surface area (Å²) < 4.78 is 8.74. The summed E-state index contributed by atoms with van der Waals surface area (Å²) in [6, 6.07) is 0. The molecule has 5 heteroatoms. The van der Waals surface area contributed by atoms with Crippen LogP contribution in [0.25, 0.3) is 0 Å². The molecule has 12 heavy (non-hydrogen) atoms. The molecule has 0 heterocycles. The quantitative estimate of drug-likeness (QED) is 0.508.